The summed E-state index contributed by atoms with van der Waals surface area (Å²) in [6.07, 6.45) is 0.693. The third kappa shape index (κ3) is 2.78. The van der Waals surface area contributed by atoms with Gasteiger partial charge >= 0.3 is 5.69 Å². The highest BCUT2D eigenvalue weighted by Gasteiger charge is 2.36. The Hall–Kier alpha value is -1.44. The highest BCUT2D eigenvalue weighted by molar-refractivity contribution is 5.02. The average Bonchev–Trinajstić information content (AvgIpc) is 2.77. The monoisotopic (exact) mass is 270 g/mol. The predicted molar refractivity (Wildman–Crippen MR) is 67.1 cm³/mol. The SMILES string of the molecule is CCO[C@H]1C[C@H](n2cc(C)c(=O)[nH]c2=O)O[C@@H]1CO. The van der Waals surface area contributed by atoms with E-state index >= 15 is 0 Å². The van der Waals surface area contributed by atoms with Crippen LogP contribution in [-0.2, 0) is 9.47 Å². The minimum atomic E-state index is -0.531. The van der Waals surface area contributed by atoms with Crippen molar-refractivity contribution in [2.45, 2.75) is 38.7 Å². The fraction of sp³-hybridized carbons (Fsp3) is 0.667. The van der Waals surface area contributed by atoms with Crippen molar-refractivity contribution in [2.24, 2.45) is 0 Å². The van der Waals surface area contributed by atoms with E-state index in [-0.39, 0.29) is 12.7 Å². The van der Waals surface area contributed by atoms with Gasteiger partial charge in [0.2, 0.25) is 0 Å². The van der Waals surface area contributed by atoms with Crippen LogP contribution in [0.4, 0.5) is 0 Å². The van der Waals surface area contributed by atoms with Crippen molar-refractivity contribution in [3.8, 4) is 0 Å². The summed E-state index contributed by atoms with van der Waals surface area (Å²) in [7, 11) is 0. The maximum absolute atomic E-state index is 11.8. The summed E-state index contributed by atoms with van der Waals surface area (Å²) in [5.74, 6) is 0. The van der Waals surface area contributed by atoms with Gasteiger partial charge in [-0.05, 0) is 13.8 Å². The first-order valence-corrected chi connectivity index (χ1v) is 6.26. The van der Waals surface area contributed by atoms with Gasteiger partial charge in [-0.3, -0.25) is 14.3 Å². The maximum Gasteiger partial charge on any atom is 0.330 e. The number of H-pyrrole nitrogens is 1. The second-order valence-electron chi connectivity index (χ2n) is 4.52. The normalized spacial score (nSPS) is 26.8. The van der Waals surface area contributed by atoms with Gasteiger partial charge in [0.25, 0.3) is 5.56 Å². The van der Waals surface area contributed by atoms with Gasteiger partial charge in [0, 0.05) is 24.8 Å². The molecule has 1 saturated heterocycles. The molecular formula is C12H18N2O5. The molecule has 0 bridgehead atoms. The zero-order chi connectivity index (χ0) is 14.0. The molecular weight excluding hydrogens is 252 g/mol. The summed E-state index contributed by atoms with van der Waals surface area (Å²) in [5.41, 5.74) is -0.489. The molecule has 0 aromatic carbocycles. The molecule has 1 fully saturated rings. The van der Waals surface area contributed by atoms with E-state index in [2.05, 4.69) is 4.98 Å². The molecule has 2 N–H and O–H groups in total. The van der Waals surface area contributed by atoms with E-state index in [1.165, 1.54) is 10.8 Å². The molecule has 0 radical (unpaired) electrons. The van der Waals surface area contributed by atoms with Crippen LogP contribution in [0.1, 0.15) is 25.1 Å². The molecule has 0 unspecified atom stereocenters. The third-order valence-corrected chi connectivity index (χ3v) is 3.20. The first-order chi connectivity index (χ1) is 9.06. The molecule has 106 valence electrons. The second kappa shape index (κ2) is 5.68. The third-order valence-electron chi connectivity index (χ3n) is 3.20. The Bertz CT molecular complexity index is 550. The molecule has 2 heterocycles. The molecule has 0 saturated carbocycles. The Balaban J connectivity index is 2.27. The predicted octanol–water partition coefficient (Wildman–Crippen LogP) is -0.470. The standard InChI is InChI=1S/C12H18N2O5/c1-3-18-8-4-10(19-9(8)6-15)14-5-7(2)11(16)13-12(14)17/h5,8-10,15H,3-4,6H2,1-2H3,(H,13,16,17)/t8-,9+,10+/m0/s1. The van der Waals surface area contributed by atoms with Gasteiger partial charge in [0.05, 0.1) is 12.7 Å². The molecule has 0 spiro atoms. The number of aromatic nitrogens is 2. The molecule has 7 nitrogen and oxygen atoms in total. The number of hydrogen-bond donors (Lipinski definition) is 2. The van der Waals surface area contributed by atoms with Gasteiger partial charge < -0.3 is 14.6 Å². The van der Waals surface area contributed by atoms with Gasteiger partial charge in [-0.1, -0.05) is 0 Å². The fourth-order valence-electron chi connectivity index (χ4n) is 2.22. The van der Waals surface area contributed by atoms with Gasteiger partial charge in [0.1, 0.15) is 12.3 Å². The lowest BCUT2D eigenvalue weighted by Gasteiger charge is -2.15. The van der Waals surface area contributed by atoms with Crippen LogP contribution < -0.4 is 11.2 Å². The minimum absolute atomic E-state index is 0.168. The van der Waals surface area contributed by atoms with Crippen molar-refractivity contribution in [3.63, 3.8) is 0 Å². The molecule has 0 amide bonds. The van der Waals surface area contributed by atoms with E-state index in [0.29, 0.717) is 18.6 Å². The van der Waals surface area contributed by atoms with Crippen LogP contribution >= 0.6 is 0 Å². The van der Waals surface area contributed by atoms with Crippen LogP contribution in [0.2, 0.25) is 0 Å². The Morgan fingerprint density at radius 2 is 2.32 bits per heavy atom. The summed E-state index contributed by atoms with van der Waals surface area (Å²) in [5, 5.41) is 9.25. The fourth-order valence-corrected chi connectivity index (χ4v) is 2.22. The lowest BCUT2D eigenvalue weighted by molar-refractivity contribution is -0.0603. The van der Waals surface area contributed by atoms with Crippen molar-refractivity contribution in [1.82, 2.24) is 9.55 Å². The van der Waals surface area contributed by atoms with E-state index in [0.717, 1.165) is 0 Å². The maximum atomic E-state index is 11.8. The number of nitrogens with zero attached hydrogens (tertiary/aromatic N) is 1. The second-order valence-corrected chi connectivity index (χ2v) is 4.52. The number of aryl methyl sites for hydroxylation is 1. The topological polar surface area (TPSA) is 93.6 Å². The zero-order valence-electron chi connectivity index (χ0n) is 11.0. The number of aliphatic hydroxyl groups excluding tert-OH is 1. The van der Waals surface area contributed by atoms with Crippen molar-refractivity contribution in [2.75, 3.05) is 13.2 Å². The largest absolute Gasteiger partial charge is 0.394 e. The van der Waals surface area contributed by atoms with Crippen LogP contribution in [0.5, 0.6) is 0 Å². The van der Waals surface area contributed by atoms with E-state index in [1.54, 1.807) is 6.92 Å². The molecule has 1 aromatic rings. The number of nitrogens with one attached hydrogen (secondary N) is 1. The van der Waals surface area contributed by atoms with Crippen molar-refractivity contribution in [3.05, 3.63) is 32.6 Å². The minimum Gasteiger partial charge on any atom is -0.394 e. The lowest BCUT2D eigenvalue weighted by atomic mass is 10.2. The Morgan fingerprint density at radius 3 is 2.95 bits per heavy atom. The highest BCUT2D eigenvalue weighted by Crippen LogP contribution is 2.29. The lowest BCUT2D eigenvalue weighted by Crippen LogP contribution is -2.33. The molecule has 1 aliphatic rings. The van der Waals surface area contributed by atoms with Crippen LogP contribution in [0.3, 0.4) is 0 Å². The number of hydrogen-bond acceptors (Lipinski definition) is 5. The number of rotatable bonds is 4. The Morgan fingerprint density at radius 1 is 1.58 bits per heavy atom. The van der Waals surface area contributed by atoms with Crippen molar-refractivity contribution in [1.29, 1.82) is 0 Å². The van der Waals surface area contributed by atoms with E-state index in [4.69, 9.17) is 9.47 Å². The van der Waals surface area contributed by atoms with Gasteiger partial charge in [-0.15, -0.1) is 0 Å². The highest BCUT2D eigenvalue weighted by atomic mass is 16.6. The summed E-state index contributed by atoms with van der Waals surface area (Å²) in [6.45, 7) is 3.82. The van der Waals surface area contributed by atoms with Crippen LogP contribution in [-0.4, -0.2) is 40.1 Å². The Kier molecular flexibility index (Phi) is 4.18. The smallest absolute Gasteiger partial charge is 0.330 e. The van der Waals surface area contributed by atoms with Crippen molar-refractivity contribution < 1.29 is 14.6 Å². The number of ether oxygens (including phenoxy) is 2. The zero-order valence-corrected chi connectivity index (χ0v) is 11.0. The molecule has 1 aromatic heterocycles. The van der Waals surface area contributed by atoms with E-state index in [1.807, 2.05) is 6.92 Å². The van der Waals surface area contributed by atoms with Crippen LogP contribution in [0.15, 0.2) is 15.8 Å². The first-order valence-electron chi connectivity index (χ1n) is 6.26. The van der Waals surface area contributed by atoms with E-state index < -0.39 is 23.6 Å². The summed E-state index contributed by atoms with van der Waals surface area (Å²) in [4.78, 5) is 25.3. The molecule has 3 atom stereocenters. The van der Waals surface area contributed by atoms with Gasteiger partial charge in [-0.25, -0.2) is 4.79 Å². The van der Waals surface area contributed by atoms with Gasteiger partial charge in [0.15, 0.2) is 0 Å². The molecule has 1 aliphatic heterocycles. The number of aliphatic hydroxyl groups is 1. The molecule has 19 heavy (non-hydrogen) atoms. The summed E-state index contributed by atoms with van der Waals surface area (Å²) in [6, 6.07) is 0. The summed E-state index contributed by atoms with van der Waals surface area (Å²) >= 11 is 0. The molecule has 0 aliphatic carbocycles. The first kappa shape index (κ1) is 14.0. The van der Waals surface area contributed by atoms with Crippen LogP contribution in [0.25, 0.3) is 0 Å². The molecule has 7 heteroatoms. The average molecular weight is 270 g/mol. The molecule has 2 rings (SSSR count). The van der Waals surface area contributed by atoms with Crippen LogP contribution in [0, 0.1) is 6.92 Å². The van der Waals surface area contributed by atoms with E-state index in [9.17, 15) is 14.7 Å². The quantitative estimate of drug-likeness (QED) is 0.771. The van der Waals surface area contributed by atoms with Gasteiger partial charge in [-0.2, -0.15) is 0 Å². The Labute approximate surface area is 109 Å². The van der Waals surface area contributed by atoms with Crippen molar-refractivity contribution >= 4 is 0 Å². The summed E-state index contributed by atoms with van der Waals surface area (Å²) < 4.78 is 12.4. The number of aromatic amines is 1.